The molecule has 0 atom stereocenters. The van der Waals surface area contributed by atoms with Crippen LogP contribution in [0.1, 0.15) is 25.0 Å². The predicted octanol–water partition coefficient (Wildman–Crippen LogP) is 3.08. The minimum absolute atomic E-state index is 0.775. The van der Waals surface area contributed by atoms with E-state index >= 15 is 0 Å². The minimum atomic E-state index is 0.775. The molecule has 2 rings (SSSR count). The number of benzene rings is 1. The molecule has 100 valence electrons. The lowest BCUT2D eigenvalue weighted by atomic mass is 10.1. The molecular weight excluding hydrogens is 220 g/mol. The molecule has 0 amide bonds. The van der Waals surface area contributed by atoms with Crippen LogP contribution in [0, 0.1) is 19.8 Å². The summed E-state index contributed by atoms with van der Waals surface area (Å²) in [7, 11) is 0. The maximum atomic E-state index is 2.59. The van der Waals surface area contributed by atoms with Crippen molar-refractivity contribution in [3.8, 4) is 0 Å². The van der Waals surface area contributed by atoms with Gasteiger partial charge in [0.1, 0.15) is 0 Å². The van der Waals surface area contributed by atoms with Crippen LogP contribution in [0.25, 0.3) is 0 Å². The Bertz CT molecular complexity index is 390. The van der Waals surface area contributed by atoms with Crippen LogP contribution in [0.2, 0.25) is 0 Å². The largest absolute Gasteiger partial charge is 0.369 e. The normalized spacial score (nSPS) is 17.5. The third-order valence-corrected chi connectivity index (χ3v) is 3.70. The van der Waals surface area contributed by atoms with E-state index in [2.05, 4.69) is 55.7 Å². The number of piperazine rings is 1. The molecule has 0 radical (unpaired) electrons. The molecule has 0 unspecified atom stereocenters. The van der Waals surface area contributed by atoms with Gasteiger partial charge in [0.25, 0.3) is 0 Å². The van der Waals surface area contributed by atoms with Crippen LogP contribution >= 0.6 is 0 Å². The van der Waals surface area contributed by atoms with Gasteiger partial charge < -0.3 is 4.90 Å². The first-order valence-corrected chi connectivity index (χ1v) is 7.11. The lowest BCUT2D eigenvalue weighted by Crippen LogP contribution is -2.47. The van der Waals surface area contributed by atoms with Crippen molar-refractivity contribution in [2.45, 2.75) is 27.7 Å². The van der Waals surface area contributed by atoms with Crippen LogP contribution in [-0.2, 0) is 0 Å². The fraction of sp³-hybridized carbons (Fsp3) is 0.625. The fourth-order valence-corrected chi connectivity index (χ4v) is 2.75. The van der Waals surface area contributed by atoms with Crippen molar-refractivity contribution < 1.29 is 0 Å². The van der Waals surface area contributed by atoms with Gasteiger partial charge >= 0.3 is 0 Å². The van der Waals surface area contributed by atoms with E-state index < -0.39 is 0 Å². The summed E-state index contributed by atoms with van der Waals surface area (Å²) in [4.78, 5) is 5.13. The van der Waals surface area contributed by atoms with Crippen molar-refractivity contribution in [2.75, 3.05) is 37.6 Å². The number of nitrogens with zero attached hydrogens (tertiary/aromatic N) is 2. The molecule has 1 aliphatic heterocycles. The highest BCUT2D eigenvalue weighted by atomic mass is 15.3. The van der Waals surface area contributed by atoms with Crippen molar-refractivity contribution in [1.82, 2.24) is 4.90 Å². The molecule has 2 heteroatoms. The molecule has 0 aliphatic carbocycles. The number of aryl methyl sites for hydroxylation is 2. The van der Waals surface area contributed by atoms with Crippen molar-refractivity contribution in [3.05, 3.63) is 29.3 Å². The van der Waals surface area contributed by atoms with Crippen LogP contribution in [0.3, 0.4) is 0 Å². The molecule has 0 bridgehead atoms. The van der Waals surface area contributed by atoms with Gasteiger partial charge in [0.2, 0.25) is 0 Å². The Hall–Kier alpha value is -1.02. The topological polar surface area (TPSA) is 6.48 Å². The summed E-state index contributed by atoms with van der Waals surface area (Å²) in [6.45, 7) is 15.0. The number of hydrogen-bond acceptors (Lipinski definition) is 2. The standard InChI is InChI=1S/C16H26N2/c1-13(2)12-17-7-9-18(10-8-17)16-11-14(3)5-6-15(16)4/h5-6,11,13H,7-10,12H2,1-4H3. The Morgan fingerprint density at radius 3 is 2.33 bits per heavy atom. The molecule has 1 aliphatic rings. The van der Waals surface area contributed by atoms with E-state index in [1.807, 2.05) is 0 Å². The minimum Gasteiger partial charge on any atom is -0.369 e. The second kappa shape index (κ2) is 5.75. The second-order valence-electron chi connectivity index (χ2n) is 5.97. The van der Waals surface area contributed by atoms with Crippen molar-refractivity contribution in [2.24, 2.45) is 5.92 Å². The van der Waals surface area contributed by atoms with Gasteiger partial charge in [-0.2, -0.15) is 0 Å². The molecule has 1 heterocycles. The van der Waals surface area contributed by atoms with E-state index in [1.165, 1.54) is 36.4 Å². The van der Waals surface area contributed by atoms with Crippen molar-refractivity contribution >= 4 is 5.69 Å². The average Bonchev–Trinajstić information content (AvgIpc) is 2.33. The zero-order valence-corrected chi connectivity index (χ0v) is 12.2. The predicted molar refractivity (Wildman–Crippen MR) is 79.4 cm³/mol. The van der Waals surface area contributed by atoms with Crippen molar-refractivity contribution in [1.29, 1.82) is 0 Å². The lowest BCUT2D eigenvalue weighted by Gasteiger charge is -2.37. The van der Waals surface area contributed by atoms with Crippen molar-refractivity contribution in [3.63, 3.8) is 0 Å². The van der Waals surface area contributed by atoms with Crippen LogP contribution in [0.5, 0.6) is 0 Å². The quantitative estimate of drug-likeness (QED) is 0.808. The molecule has 2 nitrogen and oxygen atoms in total. The summed E-state index contributed by atoms with van der Waals surface area (Å²) < 4.78 is 0. The molecular formula is C16H26N2. The Balaban J connectivity index is 1.99. The zero-order chi connectivity index (χ0) is 13.1. The smallest absolute Gasteiger partial charge is 0.0399 e. The zero-order valence-electron chi connectivity index (χ0n) is 12.2. The SMILES string of the molecule is Cc1ccc(C)c(N2CCN(CC(C)C)CC2)c1. The first-order valence-electron chi connectivity index (χ1n) is 7.11. The van der Waals surface area contributed by atoms with Crippen LogP contribution in [0.4, 0.5) is 5.69 Å². The third-order valence-electron chi connectivity index (χ3n) is 3.70. The molecule has 1 fully saturated rings. The Labute approximate surface area is 112 Å². The Kier molecular flexibility index (Phi) is 4.28. The highest BCUT2D eigenvalue weighted by Gasteiger charge is 2.18. The third kappa shape index (κ3) is 3.26. The number of rotatable bonds is 3. The molecule has 0 saturated carbocycles. The first-order chi connectivity index (χ1) is 8.56. The fourth-order valence-electron chi connectivity index (χ4n) is 2.75. The molecule has 0 spiro atoms. The monoisotopic (exact) mass is 246 g/mol. The molecule has 1 saturated heterocycles. The summed E-state index contributed by atoms with van der Waals surface area (Å²) in [5.41, 5.74) is 4.19. The van der Waals surface area contributed by atoms with E-state index in [0.717, 1.165) is 19.0 Å². The number of hydrogen-bond donors (Lipinski definition) is 0. The summed E-state index contributed by atoms with van der Waals surface area (Å²) in [5, 5.41) is 0. The molecule has 1 aromatic carbocycles. The van der Waals surface area contributed by atoms with E-state index in [-0.39, 0.29) is 0 Å². The van der Waals surface area contributed by atoms with Gasteiger partial charge in [-0.3, -0.25) is 4.90 Å². The molecule has 1 aromatic rings. The van der Waals surface area contributed by atoms with E-state index in [0.29, 0.717) is 0 Å². The van der Waals surface area contributed by atoms with Gasteiger partial charge in [-0.1, -0.05) is 26.0 Å². The highest BCUT2D eigenvalue weighted by Crippen LogP contribution is 2.22. The molecule has 0 aromatic heterocycles. The Morgan fingerprint density at radius 1 is 1.06 bits per heavy atom. The van der Waals surface area contributed by atoms with Gasteiger partial charge in [0.05, 0.1) is 0 Å². The van der Waals surface area contributed by atoms with Gasteiger partial charge in [-0.05, 0) is 37.0 Å². The summed E-state index contributed by atoms with van der Waals surface area (Å²) in [5.74, 6) is 0.775. The van der Waals surface area contributed by atoms with Gasteiger partial charge in [-0.15, -0.1) is 0 Å². The second-order valence-corrected chi connectivity index (χ2v) is 5.97. The van der Waals surface area contributed by atoms with E-state index in [1.54, 1.807) is 0 Å². The van der Waals surface area contributed by atoms with Crippen LogP contribution in [0.15, 0.2) is 18.2 Å². The van der Waals surface area contributed by atoms with Crippen LogP contribution in [-0.4, -0.2) is 37.6 Å². The van der Waals surface area contributed by atoms with Crippen LogP contribution < -0.4 is 4.90 Å². The summed E-state index contributed by atoms with van der Waals surface area (Å²) in [6, 6.07) is 6.77. The lowest BCUT2D eigenvalue weighted by molar-refractivity contribution is 0.231. The summed E-state index contributed by atoms with van der Waals surface area (Å²) >= 11 is 0. The van der Waals surface area contributed by atoms with Gasteiger partial charge in [0.15, 0.2) is 0 Å². The van der Waals surface area contributed by atoms with Gasteiger partial charge in [0, 0.05) is 38.4 Å². The average molecular weight is 246 g/mol. The highest BCUT2D eigenvalue weighted by molar-refractivity contribution is 5.55. The first kappa shape index (κ1) is 13.4. The Morgan fingerprint density at radius 2 is 1.72 bits per heavy atom. The van der Waals surface area contributed by atoms with E-state index in [9.17, 15) is 0 Å². The van der Waals surface area contributed by atoms with E-state index in [4.69, 9.17) is 0 Å². The molecule has 18 heavy (non-hydrogen) atoms. The maximum Gasteiger partial charge on any atom is 0.0399 e. The maximum absolute atomic E-state index is 2.59. The summed E-state index contributed by atoms with van der Waals surface area (Å²) in [6.07, 6.45) is 0. The number of anilines is 1. The van der Waals surface area contributed by atoms with Gasteiger partial charge in [-0.25, -0.2) is 0 Å². The molecule has 0 N–H and O–H groups in total.